The van der Waals surface area contributed by atoms with Crippen molar-refractivity contribution in [1.29, 1.82) is 0 Å². The zero-order valence-electron chi connectivity index (χ0n) is 13.0. The van der Waals surface area contributed by atoms with Crippen LogP contribution in [0, 0.1) is 22.7 Å². The first-order chi connectivity index (χ1) is 10.0. The van der Waals surface area contributed by atoms with Crippen molar-refractivity contribution in [2.45, 2.75) is 51.6 Å². The standard InChI is InChI=1S/C18H25NO2/c1-17-7-12-6-13(8-17)10-18(9-12,11-17)16(20)15-14(21-2)4-3-5-19-15/h3-5,12-13,16,20H,6-11H2,1-2H3. The number of aliphatic hydroxyl groups excluding tert-OH is 1. The molecule has 4 saturated carbocycles. The van der Waals surface area contributed by atoms with Crippen molar-refractivity contribution in [2.75, 3.05) is 7.11 Å². The largest absolute Gasteiger partial charge is 0.495 e. The lowest BCUT2D eigenvalue weighted by Gasteiger charge is -2.62. The van der Waals surface area contributed by atoms with Crippen molar-refractivity contribution in [3.05, 3.63) is 24.0 Å². The van der Waals surface area contributed by atoms with Gasteiger partial charge in [-0.3, -0.25) is 4.98 Å². The van der Waals surface area contributed by atoms with Gasteiger partial charge in [0, 0.05) is 11.6 Å². The van der Waals surface area contributed by atoms with Gasteiger partial charge in [-0.25, -0.2) is 0 Å². The smallest absolute Gasteiger partial charge is 0.143 e. The van der Waals surface area contributed by atoms with E-state index < -0.39 is 6.10 Å². The van der Waals surface area contributed by atoms with Gasteiger partial charge >= 0.3 is 0 Å². The van der Waals surface area contributed by atoms with Crippen LogP contribution in [0.1, 0.15) is 57.2 Å². The summed E-state index contributed by atoms with van der Waals surface area (Å²) in [4.78, 5) is 4.45. The topological polar surface area (TPSA) is 42.4 Å². The van der Waals surface area contributed by atoms with E-state index in [0.29, 0.717) is 5.41 Å². The summed E-state index contributed by atoms with van der Waals surface area (Å²) < 4.78 is 5.43. The number of hydrogen-bond donors (Lipinski definition) is 1. The Morgan fingerprint density at radius 3 is 2.62 bits per heavy atom. The predicted molar refractivity (Wildman–Crippen MR) is 81.0 cm³/mol. The monoisotopic (exact) mass is 287 g/mol. The molecule has 3 nitrogen and oxygen atoms in total. The van der Waals surface area contributed by atoms with Gasteiger partial charge in [0.1, 0.15) is 17.5 Å². The Labute approximate surface area is 126 Å². The minimum atomic E-state index is -0.487. The molecule has 4 aliphatic carbocycles. The zero-order chi connectivity index (χ0) is 14.7. The molecule has 1 aromatic heterocycles. The van der Waals surface area contributed by atoms with E-state index in [1.54, 1.807) is 13.3 Å². The second-order valence-electron chi connectivity index (χ2n) is 8.13. The lowest BCUT2D eigenvalue weighted by molar-refractivity contribution is -0.156. The van der Waals surface area contributed by atoms with Crippen LogP contribution in [0.5, 0.6) is 5.75 Å². The van der Waals surface area contributed by atoms with Crippen molar-refractivity contribution in [2.24, 2.45) is 22.7 Å². The highest BCUT2D eigenvalue weighted by Gasteiger charge is 2.58. The quantitative estimate of drug-likeness (QED) is 0.921. The van der Waals surface area contributed by atoms with Gasteiger partial charge in [-0.2, -0.15) is 0 Å². The van der Waals surface area contributed by atoms with Crippen LogP contribution < -0.4 is 4.74 Å². The summed E-state index contributed by atoms with van der Waals surface area (Å²) in [5, 5.41) is 11.2. The predicted octanol–water partition coefficient (Wildman–Crippen LogP) is 3.73. The van der Waals surface area contributed by atoms with Crippen LogP contribution in [-0.4, -0.2) is 17.2 Å². The van der Waals surface area contributed by atoms with E-state index >= 15 is 0 Å². The van der Waals surface area contributed by atoms with Gasteiger partial charge in [0.15, 0.2) is 0 Å². The van der Waals surface area contributed by atoms with Crippen LogP contribution in [-0.2, 0) is 0 Å². The number of methoxy groups -OCH3 is 1. The third-order valence-corrected chi connectivity index (χ3v) is 6.26. The van der Waals surface area contributed by atoms with Gasteiger partial charge in [0.05, 0.1) is 7.11 Å². The maximum atomic E-state index is 11.2. The van der Waals surface area contributed by atoms with Crippen LogP contribution in [0.15, 0.2) is 18.3 Å². The van der Waals surface area contributed by atoms with Crippen molar-refractivity contribution < 1.29 is 9.84 Å². The highest BCUT2D eigenvalue weighted by Crippen LogP contribution is 2.68. The fraction of sp³-hybridized carbons (Fsp3) is 0.722. The summed E-state index contributed by atoms with van der Waals surface area (Å²) in [7, 11) is 1.66. The van der Waals surface area contributed by atoms with Crippen molar-refractivity contribution >= 4 is 0 Å². The number of ether oxygens (including phenoxy) is 1. The Kier molecular flexibility index (Phi) is 2.88. The molecule has 0 aliphatic heterocycles. The van der Waals surface area contributed by atoms with Gasteiger partial charge in [0.25, 0.3) is 0 Å². The van der Waals surface area contributed by atoms with E-state index in [0.717, 1.165) is 29.7 Å². The fourth-order valence-corrected chi connectivity index (χ4v) is 6.19. The van der Waals surface area contributed by atoms with E-state index in [-0.39, 0.29) is 5.41 Å². The maximum absolute atomic E-state index is 11.2. The number of pyridine rings is 1. The van der Waals surface area contributed by atoms with Crippen molar-refractivity contribution in [3.63, 3.8) is 0 Å². The molecule has 1 aromatic rings. The fourth-order valence-electron chi connectivity index (χ4n) is 6.19. The minimum absolute atomic E-state index is 0.0282. The van der Waals surface area contributed by atoms with E-state index in [1.807, 2.05) is 12.1 Å². The van der Waals surface area contributed by atoms with Crippen LogP contribution >= 0.6 is 0 Å². The molecule has 1 heterocycles. The Morgan fingerprint density at radius 1 is 1.29 bits per heavy atom. The Bertz CT molecular complexity index is 542. The summed E-state index contributed by atoms with van der Waals surface area (Å²) in [6.45, 7) is 2.43. The lowest BCUT2D eigenvalue weighted by Crippen LogP contribution is -2.53. The number of hydrogen-bond acceptors (Lipinski definition) is 3. The molecule has 0 saturated heterocycles. The van der Waals surface area contributed by atoms with Crippen LogP contribution in [0.2, 0.25) is 0 Å². The van der Waals surface area contributed by atoms with E-state index in [4.69, 9.17) is 4.74 Å². The summed E-state index contributed by atoms with van der Waals surface area (Å²) >= 11 is 0. The van der Waals surface area contributed by atoms with E-state index in [9.17, 15) is 5.11 Å². The molecule has 0 aromatic carbocycles. The number of aliphatic hydroxyl groups is 1. The number of aromatic nitrogens is 1. The van der Waals surface area contributed by atoms with Gasteiger partial charge < -0.3 is 9.84 Å². The SMILES string of the molecule is COc1cccnc1C(O)C12CC3CC(CC(C)(C3)C1)C2. The molecule has 3 atom stereocenters. The molecule has 4 bridgehead atoms. The molecule has 0 radical (unpaired) electrons. The summed E-state index contributed by atoms with van der Waals surface area (Å²) in [6, 6.07) is 3.78. The summed E-state index contributed by atoms with van der Waals surface area (Å²) in [5.74, 6) is 2.34. The molecule has 0 amide bonds. The average Bonchev–Trinajstić information content (AvgIpc) is 2.44. The average molecular weight is 287 g/mol. The Balaban J connectivity index is 1.72. The van der Waals surface area contributed by atoms with Gasteiger partial charge in [0.2, 0.25) is 0 Å². The lowest BCUT2D eigenvalue weighted by atomic mass is 9.43. The minimum Gasteiger partial charge on any atom is -0.495 e. The molecular weight excluding hydrogens is 262 g/mol. The van der Waals surface area contributed by atoms with E-state index in [2.05, 4.69) is 11.9 Å². The molecule has 1 N–H and O–H groups in total. The number of nitrogens with zero attached hydrogens (tertiary/aromatic N) is 1. The highest BCUT2D eigenvalue weighted by atomic mass is 16.5. The van der Waals surface area contributed by atoms with E-state index in [1.165, 1.54) is 32.1 Å². The second-order valence-corrected chi connectivity index (χ2v) is 8.13. The van der Waals surface area contributed by atoms with Gasteiger partial charge in [-0.05, 0) is 67.9 Å². The summed E-state index contributed by atoms with van der Waals surface area (Å²) in [5.41, 5.74) is 1.21. The first kappa shape index (κ1) is 13.6. The van der Waals surface area contributed by atoms with Crippen LogP contribution in [0.25, 0.3) is 0 Å². The molecule has 3 unspecified atom stereocenters. The third-order valence-electron chi connectivity index (χ3n) is 6.26. The Hall–Kier alpha value is -1.09. The molecule has 4 aliphatic rings. The molecular formula is C18H25NO2. The second kappa shape index (κ2) is 4.45. The third kappa shape index (κ3) is 2.01. The zero-order valence-corrected chi connectivity index (χ0v) is 13.0. The van der Waals surface area contributed by atoms with Gasteiger partial charge in [-0.1, -0.05) is 6.92 Å². The normalized spacial score (nSPS) is 42.0. The highest BCUT2D eigenvalue weighted by molar-refractivity contribution is 5.31. The molecule has 4 fully saturated rings. The summed E-state index contributed by atoms with van der Waals surface area (Å²) in [6.07, 6.45) is 8.86. The van der Waals surface area contributed by atoms with Gasteiger partial charge in [-0.15, -0.1) is 0 Å². The molecule has 3 heteroatoms. The first-order valence-electron chi connectivity index (χ1n) is 8.21. The number of rotatable bonds is 3. The molecule has 114 valence electrons. The van der Waals surface area contributed by atoms with Crippen molar-refractivity contribution in [3.8, 4) is 5.75 Å². The Morgan fingerprint density at radius 2 is 2.00 bits per heavy atom. The van der Waals surface area contributed by atoms with Crippen LogP contribution in [0.3, 0.4) is 0 Å². The molecule has 5 rings (SSSR count). The maximum Gasteiger partial charge on any atom is 0.143 e. The molecule has 0 spiro atoms. The first-order valence-corrected chi connectivity index (χ1v) is 8.21. The molecule has 21 heavy (non-hydrogen) atoms. The van der Waals surface area contributed by atoms with Crippen LogP contribution in [0.4, 0.5) is 0 Å². The van der Waals surface area contributed by atoms with Crippen molar-refractivity contribution in [1.82, 2.24) is 4.98 Å².